The summed E-state index contributed by atoms with van der Waals surface area (Å²) in [5.41, 5.74) is 0. The van der Waals surface area contributed by atoms with Crippen molar-refractivity contribution in [1.29, 1.82) is 0 Å². The zero-order valence-electron chi connectivity index (χ0n) is 9.13. The number of aliphatic hydroxyl groups excluding tert-OH is 1. The van der Waals surface area contributed by atoms with Gasteiger partial charge in [-0.1, -0.05) is 6.92 Å². The predicted molar refractivity (Wildman–Crippen MR) is 58.4 cm³/mol. The van der Waals surface area contributed by atoms with Crippen LogP contribution in [-0.4, -0.2) is 34.1 Å². The highest BCUT2D eigenvalue weighted by atomic mass is 16.3. The highest BCUT2D eigenvalue weighted by Crippen LogP contribution is 2.36. The molecule has 4 nitrogen and oxygen atoms in total. The Hall–Kier alpha value is -0.870. The first-order chi connectivity index (χ1) is 7.25. The molecular formula is C11H19N3O. The number of aromatic nitrogens is 2. The molecule has 0 radical (unpaired) electrons. The Bertz CT molecular complexity index is 286. The normalized spacial score (nSPS) is 26.5. The molecule has 1 fully saturated rings. The molecule has 1 aliphatic rings. The molecule has 1 heterocycles. The number of rotatable bonds is 6. The lowest BCUT2D eigenvalue weighted by molar-refractivity contribution is 0.146. The van der Waals surface area contributed by atoms with Crippen LogP contribution in [0.3, 0.4) is 0 Å². The van der Waals surface area contributed by atoms with Crippen molar-refractivity contribution < 1.29 is 5.11 Å². The summed E-state index contributed by atoms with van der Waals surface area (Å²) in [6.07, 6.45) is 4.58. The lowest BCUT2D eigenvalue weighted by atomic mass is 10.3. The van der Waals surface area contributed by atoms with Crippen LogP contribution in [0.15, 0.2) is 18.5 Å². The third kappa shape index (κ3) is 3.32. The van der Waals surface area contributed by atoms with Gasteiger partial charge < -0.3 is 10.4 Å². The average Bonchev–Trinajstić information content (AvgIpc) is 2.69. The molecule has 1 saturated carbocycles. The Morgan fingerprint density at radius 3 is 3.07 bits per heavy atom. The fourth-order valence-electron chi connectivity index (χ4n) is 1.81. The first kappa shape index (κ1) is 10.6. The first-order valence-corrected chi connectivity index (χ1v) is 5.62. The summed E-state index contributed by atoms with van der Waals surface area (Å²) >= 11 is 0. The van der Waals surface area contributed by atoms with E-state index in [-0.39, 0.29) is 6.10 Å². The van der Waals surface area contributed by atoms with Gasteiger partial charge in [-0.2, -0.15) is 5.10 Å². The SMILES string of the molecule is CC1CC1CNCC(O)Cn1cccn1. The molecule has 3 atom stereocenters. The Labute approximate surface area is 90.3 Å². The number of aliphatic hydroxyl groups is 1. The quantitative estimate of drug-likeness (QED) is 0.717. The van der Waals surface area contributed by atoms with Crippen LogP contribution in [0.1, 0.15) is 13.3 Å². The zero-order valence-corrected chi connectivity index (χ0v) is 9.13. The Kier molecular flexibility index (Phi) is 3.38. The third-order valence-corrected chi connectivity index (χ3v) is 3.02. The van der Waals surface area contributed by atoms with E-state index in [2.05, 4.69) is 17.3 Å². The van der Waals surface area contributed by atoms with E-state index in [0.29, 0.717) is 13.1 Å². The molecule has 2 rings (SSSR count). The highest BCUT2D eigenvalue weighted by Gasteiger charge is 2.31. The molecular weight excluding hydrogens is 190 g/mol. The van der Waals surface area contributed by atoms with Crippen LogP contribution in [0.4, 0.5) is 0 Å². The van der Waals surface area contributed by atoms with Crippen molar-refractivity contribution >= 4 is 0 Å². The van der Waals surface area contributed by atoms with E-state index in [1.54, 1.807) is 10.9 Å². The van der Waals surface area contributed by atoms with Crippen molar-refractivity contribution in [1.82, 2.24) is 15.1 Å². The Morgan fingerprint density at radius 1 is 1.67 bits per heavy atom. The van der Waals surface area contributed by atoms with E-state index in [1.165, 1.54) is 6.42 Å². The number of nitrogens with one attached hydrogen (secondary N) is 1. The monoisotopic (exact) mass is 209 g/mol. The minimum atomic E-state index is -0.348. The molecule has 1 aromatic rings. The standard InChI is InChI=1S/C11H19N3O/c1-9-5-10(9)6-12-7-11(15)8-14-4-2-3-13-14/h2-4,9-12,15H,5-8H2,1H3. The second-order valence-electron chi connectivity index (χ2n) is 4.51. The molecule has 0 aliphatic heterocycles. The number of hydrogen-bond acceptors (Lipinski definition) is 3. The summed E-state index contributed by atoms with van der Waals surface area (Å²) in [5.74, 6) is 1.71. The molecule has 15 heavy (non-hydrogen) atoms. The van der Waals surface area contributed by atoms with Crippen LogP contribution in [0.5, 0.6) is 0 Å². The fourth-order valence-corrected chi connectivity index (χ4v) is 1.81. The number of nitrogens with zero attached hydrogens (tertiary/aromatic N) is 2. The number of hydrogen-bond donors (Lipinski definition) is 2. The topological polar surface area (TPSA) is 50.1 Å². The van der Waals surface area contributed by atoms with Crippen molar-refractivity contribution in [3.8, 4) is 0 Å². The van der Waals surface area contributed by atoms with Crippen LogP contribution in [-0.2, 0) is 6.54 Å². The van der Waals surface area contributed by atoms with Gasteiger partial charge in [0.25, 0.3) is 0 Å². The molecule has 1 aliphatic carbocycles. The van der Waals surface area contributed by atoms with E-state index in [0.717, 1.165) is 18.4 Å². The minimum Gasteiger partial charge on any atom is -0.390 e. The van der Waals surface area contributed by atoms with E-state index < -0.39 is 0 Å². The maximum atomic E-state index is 9.70. The predicted octanol–water partition coefficient (Wildman–Crippen LogP) is 0.490. The van der Waals surface area contributed by atoms with Gasteiger partial charge in [0, 0.05) is 18.9 Å². The first-order valence-electron chi connectivity index (χ1n) is 5.62. The summed E-state index contributed by atoms with van der Waals surface area (Å²) in [4.78, 5) is 0. The fraction of sp³-hybridized carbons (Fsp3) is 0.727. The Morgan fingerprint density at radius 2 is 2.47 bits per heavy atom. The summed E-state index contributed by atoms with van der Waals surface area (Å²) in [5, 5.41) is 17.0. The molecule has 84 valence electrons. The van der Waals surface area contributed by atoms with Crippen molar-refractivity contribution in [3.05, 3.63) is 18.5 Å². The molecule has 0 saturated heterocycles. The summed E-state index contributed by atoms with van der Waals surface area (Å²) in [6, 6.07) is 1.87. The molecule has 0 bridgehead atoms. The summed E-state index contributed by atoms with van der Waals surface area (Å²) in [7, 11) is 0. The second kappa shape index (κ2) is 4.77. The van der Waals surface area contributed by atoms with Gasteiger partial charge in [-0.3, -0.25) is 4.68 Å². The molecule has 1 aromatic heterocycles. The van der Waals surface area contributed by atoms with Crippen molar-refractivity contribution in [2.24, 2.45) is 11.8 Å². The maximum Gasteiger partial charge on any atom is 0.0860 e. The smallest absolute Gasteiger partial charge is 0.0860 e. The zero-order chi connectivity index (χ0) is 10.7. The van der Waals surface area contributed by atoms with Crippen LogP contribution in [0.2, 0.25) is 0 Å². The van der Waals surface area contributed by atoms with Crippen LogP contribution in [0, 0.1) is 11.8 Å². The lowest BCUT2D eigenvalue weighted by Crippen LogP contribution is -2.31. The van der Waals surface area contributed by atoms with Gasteiger partial charge in [0.1, 0.15) is 0 Å². The summed E-state index contributed by atoms with van der Waals surface area (Å²) in [6.45, 7) is 4.53. The largest absolute Gasteiger partial charge is 0.390 e. The van der Waals surface area contributed by atoms with Crippen LogP contribution >= 0.6 is 0 Å². The van der Waals surface area contributed by atoms with Crippen LogP contribution < -0.4 is 5.32 Å². The van der Waals surface area contributed by atoms with Gasteiger partial charge in [0.2, 0.25) is 0 Å². The average molecular weight is 209 g/mol. The molecule has 0 amide bonds. The Balaban J connectivity index is 1.58. The van der Waals surface area contributed by atoms with E-state index in [4.69, 9.17) is 0 Å². The van der Waals surface area contributed by atoms with Gasteiger partial charge in [-0.05, 0) is 30.9 Å². The molecule has 0 spiro atoms. The van der Waals surface area contributed by atoms with Crippen molar-refractivity contribution in [2.75, 3.05) is 13.1 Å². The molecule has 4 heteroatoms. The maximum absolute atomic E-state index is 9.70. The molecule has 2 N–H and O–H groups in total. The van der Waals surface area contributed by atoms with Crippen molar-refractivity contribution in [2.45, 2.75) is 26.0 Å². The van der Waals surface area contributed by atoms with E-state index in [9.17, 15) is 5.11 Å². The van der Waals surface area contributed by atoms with E-state index in [1.807, 2.05) is 12.3 Å². The van der Waals surface area contributed by atoms with Gasteiger partial charge in [-0.15, -0.1) is 0 Å². The second-order valence-corrected chi connectivity index (χ2v) is 4.51. The lowest BCUT2D eigenvalue weighted by Gasteiger charge is -2.11. The van der Waals surface area contributed by atoms with Crippen molar-refractivity contribution in [3.63, 3.8) is 0 Å². The highest BCUT2D eigenvalue weighted by molar-refractivity contribution is 4.84. The van der Waals surface area contributed by atoms with Gasteiger partial charge in [0.15, 0.2) is 0 Å². The van der Waals surface area contributed by atoms with E-state index >= 15 is 0 Å². The van der Waals surface area contributed by atoms with Gasteiger partial charge in [-0.25, -0.2) is 0 Å². The molecule has 3 unspecified atom stereocenters. The molecule has 0 aromatic carbocycles. The van der Waals surface area contributed by atoms with Gasteiger partial charge in [0.05, 0.1) is 12.6 Å². The third-order valence-electron chi connectivity index (χ3n) is 3.02. The van der Waals surface area contributed by atoms with Gasteiger partial charge >= 0.3 is 0 Å². The van der Waals surface area contributed by atoms with Crippen LogP contribution in [0.25, 0.3) is 0 Å². The summed E-state index contributed by atoms with van der Waals surface area (Å²) < 4.78 is 1.76. The minimum absolute atomic E-state index is 0.348.